The van der Waals surface area contributed by atoms with Crippen molar-refractivity contribution in [3.8, 4) is 11.5 Å². The van der Waals surface area contributed by atoms with Gasteiger partial charge >= 0.3 is 0 Å². The van der Waals surface area contributed by atoms with Gasteiger partial charge in [-0.15, -0.1) is 0 Å². The van der Waals surface area contributed by atoms with E-state index >= 15 is 0 Å². The zero-order valence-electron chi connectivity index (χ0n) is 11.2. The largest absolute Gasteiger partial charge is 0.496 e. The average Bonchev–Trinajstić information content (AvgIpc) is 2.45. The van der Waals surface area contributed by atoms with Gasteiger partial charge in [-0.05, 0) is 63.3 Å². The Bertz CT molecular complexity index is 455. The molecule has 0 saturated heterocycles. The first kappa shape index (κ1) is 17.3. The number of methoxy groups -OCH3 is 1. The fraction of sp³-hybridized carbons (Fsp3) is 0.462. The number of hydrazine groups is 1. The monoisotopic (exact) mass is 408 g/mol. The van der Waals surface area contributed by atoms with Crippen LogP contribution in [0.1, 0.15) is 25.7 Å². The lowest BCUT2D eigenvalue weighted by Gasteiger charge is -2.11. The molecule has 1 rings (SSSR count). The van der Waals surface area contributed by atoms with E-state index in [0.717, 1.165) is 39.7 Å². The summed E-state index contributed by atoms with van der Waals surface area (Å²) in [7, 11) is 1.62. The summed E-state index contributed by atoms with van der Waals surface area (Å²) in [5.74, 6) is 6.38. The lowest BCUT2D eigenvalue weighted by atomic mass is 10.2. The van der Waals surface area contributed by atoms with Gasteiger partial charge in [0.15, 0.2) is 0 Å². The Morgan fingerprint density at radius 2 is 1.85 bits per heavy atom. The fourth-order valence-electron chi connectivity index (χ4n) is 1.60. The maximum atomic E-state index is 10.9. The molecule has 1 aromatic carbocycles. The average molecular weight is 410 g/mol. The number of nitrogens with one attached hydrogen (secondary N) is 1. The molecule has 1 aromatic rings. The third-order valence-corrected chi connectivity index (χ3v) is 3.91. The minimum absolute atomic E-state index is 0.132. The van der Waals surface area contributed by atoms with Gasteiger partial charge in [-0.25, -0.2) is 5.84 Å². The first-order valence-corrected chi connectivity index (χ1v) is 7.82. The molecule has 1 amide bonds. The Morgan fingerprint density at radius 3 is 2.50 bits per heavy atom. The third kappa shape index (κ3) is 5.68. The fourth-order valence-corrected chi connectivity index (χ4v) is 2.52. The van der Waals surface area contributed by atoms with E-state index in [1.54, 1.807) is 7.11 Å². The molecule has 0 fully saturated rings. The van der Waals surface area contributed by atoms with Gasteiger partial charge in [0.25, 0.3) is 0 Å². The first-order valence-electron chi connectivity index (χ1n) is 6.23. The third-order valence-electron chi connectivity index (χ3n) is 2.67. The van der Waals surface area contributed by atoms with Crippen LogP contribution in [-0.4, -0.2) is 19.6 Å². The molecule has 3 N–H and O–H groups in total. The van der Waals surface area contributed by atoms with Crippen LogP contribution >= 0.6 is 31.9 Å². The molecule has 112 valence electrons. The molecule has 0 aliphatic heterocycles. The summed E-state index contributed by atoms with van der Waals surface area (Å²) in [4.78, 5) is 10.9. The van der Waals surface area contributed by atoms with Crippen molar-refractivity contribution in [1.82, 2.24) is 5.43 Å². The second-order valence-corrected chi connectivity index (χ2v) is 5.85. The van der Waals surface area contributed by atoms with E-state index in [2.05, 4.69) is 37.3 Å². The normalized spacial score (nSPS) is 10.2. The van der Waals surface area contributed by atoms with E-state index in [4.69, 9.17) is 15.3 Å². The number of rotatable bonds is 8. The van der Waals surface area contributed by atoms with Crippen molar-refractivity contribution in [2.45, 2.75) is 25.7 Å². The lowest BCUT2D eigenvalue weighted by Crippen LogP contribution is -2.29. The van der Waals surface area contributed by atoms with Crippen LogP contribution in [0.4, 0.5) is 0 Å². The predicted molar refractivity (Wildman–Crippen MR) is 84.7 cm³/mol. The van der Waals surface area contributed by atoms with Crippen molar-refractivity contribution in [1.29, 1.82) is 0 Å². The van der Waals surface area contributed by atoms with Crippen LogP contribution in [-0.2, 0) is 4.79 Å². The number of hydrogen-bond donors (Lipinski definition) is 2. The van der Waals surface area contributed by atoms with Gasteiger partial charge in [-0.2, -0.15) is 0 Å². The highest BCUT2D eigenvalue weighted by molar-refractivity contribution is 9.11. The number of unbranched alkanes of at least 4 members (excludes halogenated alkanes) is 2. The molecule has 0 spiro atoms. The molecule has 0 aromatic heterocycles. The number of hydrogen-bond acceptors (Lipinski definition) is 4. The minimum Gasteiger partial charge on any atom is -0.496 e. The standard InChI is InChI=1S/C13H18Br2N2O3/c1-19-11-7-10(15)12(8-9(11)14)20-6-4-2-3-5-13(18)17-16/h7-8H,2-6,16H2,1H3,(H,17,18). The maximum Gasteiger partial charge on any atom is 0.233 e. The second-order valence-electron chi connectivity index (χ2n) is 4.14. The van der Waals surface area contributed by atoms with E-state index in [9.17, 15) is 4.79 Å². The molecule has 20 heavy (non-hydrogen) atoms. The second kappa shape index (κ2) is 9.20. The molecule has 0 aliphatic carbocycles. The van der Waals surface area contributed by atoms with E-state index in [0.29, 0.717) is 13.0 Å². The summed E-state index contributed by atoms with van der Waals surface area (Å²) in [5, 5.41) is 0. The summed E-state index contributed by atoms with van der Waals surface area (Å²) >= 11 is 6.86. The summed E-state index contributed by atoms with van der Waals surface area (Å²) in [6.07, 6.45) is 3.06. The summed E-state index contributed by atoms with van der Waals surface area (Å²) in [6.45, 7) is 0.599. The molecule has 5 nitrogen and oxygen atoms in total. The Balaban J connectivity index is 2.32. The van der Waals surface area contributed by atoms with Gasteiger partial charge < -0.3 is 9.47 Å². The van der Waals surface area contributed by atoms with Crippen LogP contribution < -0.4 is 20.7 Å². The molecule has 0 bridgehead atoms. The zero-order valence-corrected chi connectivity index (χ0v) is 14.4. The highest BCUT2D eigenvalue weighted by Crippen LogP contribution is 2.36. The predicted octanol–water partition coefficient (Wildman–Crippen LogP) is 3.15. The Labute approximate surface area is 135 Å². The smallest absolute Gasteiger partial charge is 0.233 e. The molecule has 0 heterocycles. The van der Waals surface area contributed by atoms with Crippen molar-refractivity contribution in [3.63, 3.8) is 0 Å². The number of amides is 1. The molecule has 0 aliphatic rings. The molecule has 0 radical (unpaired) electrons. The van der Waals surface area contributed by atoms with Crippen molar-refractivity contribution in [2.24, 2.45) is 5.84 Å². The number of ether oxygens (including phenoxy) is 2. The van der Waals surface area contributed by atoms with Crippen LogP contribution in [0, 0.1) is 0 Å². The number of benzene rings is 1. The Morgan fingerprint density at radius 1 is 1.20 bits per heavy atom. The molecular formula is C13H18Br2N2O3. The van der Waals surface area contributed by atoms with Gasteiger partial charge in [-0.3, -0.25) is 10.2 Å². The number of carbonyl (C=O) groups excluding carboxylic acids is 1. The number of carbonyl (C=O) groups is 1. The minimum atomic E-state index is -0.132. The van der Waals surface area contributed by atoms with E-state index in [1.807, 2.05) is 12.1 Å². The van der Waals surface area contributed by atoms with Crippen LogP contribution in [0.3, 0.4) is 0 Å². The summed E-state index contributed by atoms with van der Waals surface area (Å²) in [5.41, 5.74) is 2.11. The van der Waals surface area contributed by atoms with Crippen LogP contribution in [0.2, 0.25) is 0 Å². The molecule has 0 saturated carbocycles. The zero-order chi connectivity index (χ0) is 15.0. The van der Waals surface area contributed by atoms with Gasteiger partial charge in [0, 0.05) is 6.42 Å². The Kier molecular flexibility index (Phi) is 7.94. The van der Waals surface area contributed by atoms with Gasteiger partial charge in [0.1, 0.15) is 11.5 Å². The van der Waals surface area contributed by atoms with Crippen molar-refractivity contribution < 1.29 is 14.3 Å². The van der Waals surface area contributed by atoms with E-state index < -0.39 is 0 Å². The first-order chi connectivity index (χ1) is 9.58. The maximum absolute atomic E-state index is 10.9. The lowest BCUT2D eigenvalue weighted by molar-refractivity contribution is -0.121. The van der Waals surface area contributed by atoms with Crippen LogP contribution in [0.5, 0.6) is 11.5 Å². The van der Waals surface area contributed by atoms with E-state index in [-0.39, 0.29) is 5.91 Å². The van der Waals surface area contributed by atoms with E-state index in [1.165, 1.54) is 0 Å². The molecule has 0 atom stereocenters. The Hall–Kier alpha value is -0.790. The summed E-state index contributed by atoms with van der Waals surface area (Å²) < 4.78 is 12.6. The number of nitrogens with two attached hydrogens (primary N) is 1. The van der Waals surface area contributed by atoms with Crippen LogP contribution in [0.25, 0.3) is 0 Å². The van der Waals surface area contributed by atoms with Crippen molar-refractivity contribution in [2.75, 3.05) is 13.7 Å². The summed E-state index contributed by atoms with van der Waals surface area (Å²) in [6, 6.07) is 3.72. The van der Waals surface area contributed by atoms with Gasteiger partial charge in [-0.1, -0.05) is 0 Å². The highest BCUT2D eigenvalue weighted by Gasteiger charge is 2.08. The highest BCUT2D eigenvalue weighted by atomic mass is 79.9. The van der Waals surface area contributed by atoms with Gasteiger partial charge in [0.05, 0.1) is 22.7 Å². The van der Waals surface area contributed by atoms with Gasteiger partial charge in [0.2, 0.25) is 5.91 Å². The number of halogens is 2. The topological polar surface area (TPSA) is 73.6 Å². The van der Waals surface area contributed by atoms with Crippen molar-refractivity contribution in [3.05, 3.63) is 21.1 Å². The van der Waals surface area contributed by atoms with Crippen LogP contribution in [0.15, 0.2) is 21.1 Å². The molecule has 7 heteroatoms. The van der Waals surface area contributed by atoms with Crippen molar-refractivity contribution >= 4 is 37.8 Å². The SMILES string of the molecule is COc1cc(Br)c(OCCCCCC(=O)NN)cc1Br. The molecule has 0 unspecified atom stereocenters. The molecular weight excluding hydrogens is 392 g/mol. The quantitative estimate of drug-likeness (QED) is 0.299.